The van der Waals surface area contributed by atoms with E-state index in [1.54, 1.807) is 20.8 Å². The molecule has 0 saturated carbocycles. The van der Waals surface area contributed by atoms with Crippen molar-refractivity contribution in [1.82, 2.24) is 5.32 Å². The molecule has 0 aromatic heterocycles. The molecule has 6 nitrogen and oxygen atoms in total. The van der Waals surface area contributed by atoms with Gasteiger partial charge in [-0.3, -0.25) is 4.18 Å². The van der Waals surface area contributed by atoms with Crippen molar-refractivity contribution in [3.8, 4) is 0 Å². The first-order chi connectivity index (χ1) is 8.55. The zero-order chi connectivity index (χ0) is 14.7. The van der Waals surface area contributed by atoms with Crippen LogP contribution in [0, 0.1) is 5.92 Å². The molecule has 0 radical (unpaired) electrons. The predicted molar refractivity (Wildman–Crippen MR) is 71.2 cm³/mol. The molecule has 1 N–H and O–H groups in total. The smallest absolute Gasteiger partial charge is 0.408 e. The van der Waals surface area contributed by atoms with Gasteiger partial charge in [0, 0.05) is 5.92 Å². The van der Waals surface area contributed by atoms with Gasteiger partial charge in [0.05, 0.1) is 18.9 Å². The third kappa shape index (κ3) is 7.17. The maximum absolute atomic E-state index is 11.5. The molecule has 0 spiro atoms. The first-order valence-electron chi connectivity index (χ1n) is 6.07. The molecule has 1 aliphatic rings. The number of carbonyl (C=O) groups excluding carboxylic acids is 1. The van der Waals surface area contributed by atoms with Crippen molar-refractivity contribution in [2.75, 3.05) is 12.9 Å². The molecule has 2 atom stereocenters. The average molecular weight is 291 g/mol. The fourth-order valence-electron chi connectivity index (χ4n) is 1.68. The number of hydrogen-bond acceptors (Lipinski definition) is 5. The van der Waals surface area contributed by atoms with Gasteiger partial charge in [0.25, 0.3) is 10.1 Å². The maximum Gasteiger partial charge on any atom is 0.408 e. The van der Waals surface area contributed by atoms with Crippen molar-refractivity contribution in [3.05, 3.63) is 12.2 Å². The van der Waals surface area contributed by atoms with Crippen molar-refractivity contribution >= 4 is 16.2 Å². The zero-order valence-corrected chi connectivity index (χ0v) is 12.5. The molecule has 1 aliphatic carbocycles. The van der Waals surface area contributed by atoms with E-state index in [1.165, 1.54) is 0 Å². The molecule has 0 aromatic rings. The lowest BCUT2D eigenvalue weighted by molar-refractivity contribution is 0.0511. The highest BCUT2D eigenvalue weighted by Crippen LogP contribution is 2.19. The van der Waals surface area contributed by atoms with Crippen molar-refractivity contribution in [2.24, 2.45) is 5.92 Å². The second-order valence-electron chi connectivity index (χ2n) is 5.62. The summed E-state index contributed by atoms with van der Waals surface area (Å²) in [5.41, 5.74) is -0.537. The van der Waals surface area contributed by atoms with Crippen LogP contribution in [0.15, 0.2) is 12.2 Å². The Morgan fingerprint density at radius 2 is 2.00 bits per heavy atom. The van der Waals surface area contributed by atoms with Gasteiger partial charge in [0.1, 0.15) is 5.60 Å². The van der Waals surface area contributed by atoms with E-state index in [2.05, 4.69) is 5.32 Å². The van der Waals surface area contributed by atoms with Crippen LogP contribution >= 0.6 is 0 Å². The van der Waals surface area contributed by atoms with E-state index in [9.17, 15) is 13.2 Å². The quantitative estimate of drug-likeness (QED) is 0.626. The van der Waals surface area contributed by atoms with Gasteiger partial charge >= 0.3 is 6.09 Å². The van der Waals surface area contributed by atoms with E-state index < -0.39 is 21.8 Å². The highest BCUT2D eigenvalue weighted by Gasteiger charge is 2.24. The summed E-state index contributed by atoms with van der Waals surface area (Å²) in [6.45, 7) is 5.47. The molecule has 0 unspecified atom stereocenters. The number of hydrogen-bond donors (Lipinski definition) is 1. The predicted octanol–water partition coefficient (Wildman–Crippen LogP) is 1.43. The molecule has 7 heteroatoms. The van der Waals surface area contributed by atoms with Gasteiger partial charge in [-0.1, -0.05) is 12.2 Å². The second-order valence-corrected chi connectivity index (χ2v) is 7.27. The van der Waals surface area contributed by atoms with E-state index in [1.807, 2.05) is 12.2 Å². The Morgan fingerprint density at radius 3 is 2.53 bits per heavy atom. The van der Waals surface area contributed by atoms with Gasteiger partial charge in [-0.15, -0.1) is 0 Å². The molecule has 110 valence electrons. The number of carbonyl (C=O) groups is 1. The Labute approximate surface area is 114 Å². The van der Waals surface area contributed by atoms with Crippen LogP contribution in [0.2, 0.25) is 0 Å². The van der Waals surface area contributed by atoms with Crippen LogP contribution in [0.3, 0.4) is 0 Å². The van der Waals surface area contributed by atoms with E-state index in [4.69, 9.17) is 8.92 Å². The third-order valence-electron chi connectivity index (χ3n) is 2.37. The molecule has 0 heterocycles. The van der Waals surface area contributed by atoms with Gasteiger partial charge < -0.3 is 10.1 Å². The summed E-state index contributed by atoms with van der Waals surface area (Å²) < 4.78 is 31.6. The molecule has 0 aromatic carbocycles. The lowest BCUT2D eigenvalue weighted by atomic mass is 10.1. The minimum absolute atomic E-state index is 0.0188. The van der Waals surface area contributed by atoms with Crippen LogP contribution in [-0.4, -0.2) is 39.0 Å². The Kier molecular flexibility index (Phi) is 4.98. The van der Waals surface area contributed by atoms with Crippen LogP contribution < -0.4 is 5.32 Å². The van der Waals surface area contributed by atoms with Gasteiger partial charge in [-0.25, -0.2) is 4.79 Å². The summed E-state index contributed by atoms with van der Waals surface area (Å²) in [6, 6.07) is -0.150. The van der Waals surface area contributed by atoms with Crippen molar-refractivity contribution in [2.45, 2.75) is 38.8 Å². The van der Waals surface area contributed by atoms with Gasteiger partial charge in [0.2, 0.25) is 0 Å². The molecular weight excluding hydrogens is 270 g/mol. The summed E-state index contributed by atoms with van der Waals surface area (Å²) in [5, 5.41) is 2.71. The van der Waals surface area contributed by atoms with Gasteiger partial charge in [-0.05, 0) is 27.2 Å². The van der Waals surface area contributed by atoms with Crippen LogP contribution in [0.1, 0.15) is 27.2 Å². The largest absolute Gasteiger partial charge is 0.444 e. The summed E-state index contributed by atoms with van der Waals surface area (Å²) >= 11 is 0. The first kappa shape index (κ1) is 16.0. The fourth-order valence-corrected chi connectivity index (χ4v) is 2.10. The molecule has 0 bridgehead atoms. The van der Waals surface area contributed by atoms with Crippen LogP contribution in [0.5, 0.6) is 0 Å². The normalized spacial score (nSPS) is 23.4. The maximum atomic E-state index is 11.5. The van der Waals surface area contributed by atoms with E-state index in [0.717, 1.165) is 6.26 Å². The minimum Gasteiger partial charge on any atom is -0.444 e. The summed E-state index contributed by atoms with van der Waals surface area (Å²) in [5.74, 6) is -0.0188. The molecule has 0 fully saturated rings. The zero-order valence-electron chi connectivity index (χ0n) is 11.7. The first-order valence-corrected chi connectivity index (χ1v) is 7.89. The minimum atomic E-state index is -3.42. The SMILES string of the molecule is CC(C)(C)OC(=O)N[C@H]1C=C[C@@H](COS(C)(=O)=O)C1. The Bertz CT molecular complexity index is 449. The molecule has 1 amide bonds. The Morgan fingerprint density at radius 1 is 1.37 bits per heavy atom. The topological polar surface area (TPSA) is 81.7 Å². The Balaban J connectivity index is 2.34. The van der Waals surface area contributed by atoms with E-state index >= 15 is 0 Å². The van der Waals surface area contributed by atoms with Crippen molar-refractivity contribution < 1.29 is 22.1 Å². The van der Waals surface area contributed by atoms with Crippen LogP contribution in [0.4, 0.5) is 4.79 Å². The number of ether oxygens (including phenoxy) is 1. The molecule has 1 rings (SSSR count). The Hall–Kier alpha value is -1.08. The lowest BCUT2D eigenvalue weighted by Gasteiger charge is -2.21. The fraction of sp³-hybridized carbons (Fsp3) is 0.750. The number of amides is 1. The van der Waals surface area contributed by atoms with Crippen LogP contribution in [0.25, 0.3) is 0 Å². The van der Waals surface area contributed by atoms with Crippen molar-refractivity contribution in [3.63, 3.8) is 0 Å². The monoisotopic (exact) mass is 291 g/mol. The molecule has 0 saturated heterocycles. The van der Waals surface area contributed by atoms with Gasteiger partial charge in [0.15, 0.2) is 0 Å². The number of rotatable bonds is 4. The molecule has 0 aliphatic heterocycles. The van der Waals surface area contributed by atoms with Crippen molar-refractivity contribution in [1.29, 1.82) is 0 Å². The van der Waals surface area contributed by atoms with Crippen LogP contribution in [-0.2, 0) is 19.0 Å². The highest BCUT2D eigenvalue weighted by molar-refractivity contribution is 7.85. The number of alkyl carbamates (subject to hydrolysis) is 1. The van der Waals surface area contributed by atoms with E-state index in [0.29, 0.717) is 6.42 Å². The molecular formula is C12H21NO5S. The standard InChI is InChI=1S/C12H21NO5S/c1-12(2,3)18-11(14)13-10-6-5-9(7-10)8-17-19(4,15)16/h5-6,9-10H,7-8H2,1-4H3,(H,13,14)/t9-,10+/m1/s1. The molecule has 19 heavy (non-hydrogen) atoms. The second kappa shape index (κ2) is 5.92. The van der Waals surface area contributed by atoms with Gasteiger partial charge in [-0.2, -0.15) is 8.42 Å². The van der Waals surface area contributed by atoms with E-state index in [-0.39, 0.29) is 18.6 Å². The third-order valence-corrected chi connectivity index (χ3v) is 2.93. The summed E-state index contributed by atoms with van der Waals surface area (Å²) in [4.78, 5) is 11.5. The average Bonchev–Trinajstić information content (AvgIpc) is 2.58. The lowest BCUT2D eigenvalue weighted by Crippen LogP contribution is -2.37. The number of nitrogens with one attached hydrogen (secondary N) is 1. The highest BCUT2D eigenvalue weighted by atomic mass is 32.2. The summed E-state index contributed by atoms with van der Waals surface area (Å²) in [7, 11) is -3.42. The summed E-state index contributed by atoms with van der Waals surface area (Å²) in [6.07, 6.45) is 4.80.